The number of rotatable bonds is 7. The zero-order valence-electron chi connectivity index (χ0n) is 14.4. The minimum absolute atomic E-state index is 0. The van der Waals surface area contributed by atoms with E-state index in [9.17, 15) is 4.79 Å². The van der Waals surface area contributed by atoms with Gasteiger partial charge in [-0.1, -0.05) is 19.1 Å². The molecule has 1 aromatic rings. The standard InChI is InChI=1S/C18H28N2O2.ClH/c1-4-10-20(16-8-9-19-13-16)18(21)12-15-6-5-7-17(11-15)22-14(2)3;/h5-7,11,14,16,19H,4,8-10,12-13H2,1-3H3;1H. The first-order valence-corrected chi connectivity index (χ1v) is 8.36. The number of nitrogens with one attached hydrogen (secondary N) is 1. The number of halogens is 1. The smallest absolute Gasteiger partial charge is 0.227 e. The first kappa shape index (κ1) is 19.8. The molecule has 1 amide bonds. The van der Waals surface area contributed by atoms with Crippen LogP contribution >= 0.6 is 12.4 Å². The number of hydrogen-bond donors (Lipinski definition) is 1. The van der Waals surface area contributed by atoms with E-state index in [0.717, 1.165) is 43.8 Å². The van der Waals surface area contributed by atoms with Crippen molar-refractivity contribution in [3.63, 3.8) is 0 Å². The molecular weight excluding hydrogens is 312 g/mol. The maximum atomic E-state index is 12.7. The highest BCUT2D eigenvalue weighted by molar-refractivity contribution is 5.85. The highest BCUT2D eigenvalue weighted by Crippen LogP contribution is 2.17. The number of carbonyl (C=O) groups is 1. The topological polar surface area (TPSA) is 41.6 Å². The fourth-order valence-electron chi connectivity index (χ4n) is 2.93. The van der Waals surface area contributed by atoms with Crippen molar-refractivity contribution in [2.75, 3.05) is 19.6 Å². The lowest BCUT2D eigenvalue weighted by Gasteiger charge is -2.28. The monoisotopic (exact) mass is 340 g/mol. The molecule has 5 heteroatoms. The lowest BCUT2D eigenvalue weighted by molar-refractivity contribution is -0.132. The van der Waals surface area contributed by atoms with Crippen molar-refractivity contribution in [2.24, 2.45) is 0 Å². The Morgan fingerprint density at radius 3 is 2.83 bits per heavy atom. The van der Waals surface area contributed by atoms with Gasteiger partial charge < -0.3 is 15.0 Å². The molecule has 0 aliphatic carbocycles. The molecule has 2 rings (SSSR count). The van der Waals surface area contributed by atoms with Crippen LogP contribution < -0.4 is 10.1 Å². The van der Waals surface area contributed by atoms with Gasteiger partial charge in [0.1, 0.15) is 5.75 Å². The highest BCUT2D eigenvalue weighted by atomic mass is 35.5. The van der Waals surface area contributed by atoms with Crippen LogP contribution in [0.25, 0.3) is 0 Å². The molecule has 0 spiro atoms. The van der Waals surface area contributed by atoms with Crippen molar-refractivity contribution in [1.82, 2.24) is 10.2 Å². The van der Waals surface area contributed by atoms with E-state index in [4.69, 9.17) is 4.74 Å². The third-order valence-electron chi connectivity index (χ3n) is 3.89. The zero-order valence-corrected chi connectivity index (χ0v) is 15.2. The predicted octanol–water partition coefficient (Wildman–Crippen LogP) is 3.04. The van der Waals surface area contributed by atoms with Gasteiger partial charge in [-0.3, -0.25) is 4.79 Å². The summed E-state index contributed by atoms with van der Waals surface area (Å²) in [5, 5.41) is 3.35. The van der Waals surface area contributed by atoms with Crippen LogP contribution in [0.1, 0.15) is 39.2 Å². The van der Waals surface area contributed by atoms with E-state index in [-0.39, 0.29) is 24.4 Å². The Morgan fingerprint density at radius 1 is 1.43 bits per heavy atom. The van der Waals surface area contributed by atoms with Gasteiger partial charge in [0.05, 0.1) is 12.5 Å². The summed E-state index contributed by atoms with van der Waals surface area (Å²) in [7, 11) is 0. The highest BCUT2D eigenvalue weighted by Gasteiger charge is 2.25. The second kappa shape index (κ2) is 9.78. The summed E-state index contributed by atoms with van der Waals surface area (Å²) in [6.07, 6.45) is 2.65. The molecule has 1 aliphatic heterocycles. The van der Waals surface area contributed by atoms with Crippen molar-refractivity contribution in [3.05, 3.63) is 29.8 Å². The van der Waals surface area contributed by atoms with Crippen LogP contribution in [0.5, 0.6) is 5.75 Å². The number of benzene rings is 1. The van der Waals surface area contributed by atoms with Gasteiger partial charge in [-0.2, -0.15) is 0 Å². The van der Waals surface area contributed by atoms with E-state index in [1.165, 1.54) is 0 Å². The molecule has 1 saturated heterocycles. The van der Waals surface area contributed by atoms with E-state index in [2.05, 4.69) is 17.1 Å². The number of ether oxygens (including phenoxy) is 1. The van der Waals surface area contributed by atoms with Gasteiger partial charge in [-0.05, 0) is 50.9 Å². The molecule has 130 valence electrons. The average molecular weight is 341 g/mol. The molecule has 1 fully saturated rings. The Morgan fingerprint density at radius 2 is 2.22 bits per heavy atom. The fourth-order valence-corrected chi connectivity index (χ4v) is 2.93. The lowest BCUT2D eigenvalue weighted by atomic mass is 10.1. The molecule has 0 aromatic heterocycles. The molecule has 4 nitrogen and oxygen atoms in total. The average Bonchev–Trinajstić information content (AvgIpc) is 2.98. The molecule has 1 atom stereocenters. The summed E-state index contributed by atoms with van der Waals surface area (Å²) in [5.41, 5.74) is 1.02. The molecule has 0 bridgehead atoms. The molecule has 1 heterocycles. The lowest BCUT2D eigenvalue weighted by Crippen LogP contribution is -2.42. The van der Waals surface area contributed by atoms with Crippen LogP contribution in [-0.2, 0) is 11.2 Å². The molecule has 0 saturated carbocycles. The number of carbonyl (C=O) groups excluding carboxylic acids is 1. The molecular formula is C18H29ClN2O2. The van der Waals surface area contributed by atoms with E-state index < -0.39 is 0 Å². The van der Waals surface area contributed by atoms with Crippen molar-refractivity contribution >= 4 is 18.3 Å². The Labute approximate surface area is 146 Å². The third kappa shape index (κ3) is 6.04. The predicted molar refractivity (Wildman–Crippen MR) is 96.4 cm³/mol. The second-order valence-corrected chi connectivity index (χ2v) is 6.22. The van der Waals surface area contributed by atoms with E-state index in [1.54, 1.807) is 0 Å². The first-order chi connectivity index (χ1) is 10.6. The summed E-state index contributed by atoms with van der Waals surface area (Å²) < 4.78 is 5.71. The van der Waals surface area contributed by atoms with Gasteiger partial charge in [0, 0.05) is 19.1 Å². The Hall–Kier alpha value is -1.26. The minimum atomic E-state index is 0. The van der Waals surface area contributed by atoms with Crippen molar-refractivity contribution in [2.45, 2.75) is 52.2 Å². The quantitative estimate of drug-likeness (QED) is 0.829. The van der Waals surface area contributed by atoms with Gasteiger partial charge in [-0.25, -0.2) is 0 Å². The van der Waals surface area contributed by atoms with E-state index in [1.807, 2.05) is 38.1 Å². The number of amides is 1. The Bertz CT molecular complexity index is 488. The largest absolute Gasteiger partial charge is 0.491 e. The van der Waals surface area contributed by atoms with Gasteiger partial charge in [0.2, 0.25) is 5.91 Å². The van der Waals surface area contributed by atoms with Crippen molar-refractivity contribution < 1.29 is 9.53 Å². The van der Waals surface area contributed by atoms with Gasteiger partial charge in [0.25, 0.3) is 0 Å². The summed E-state index contributed by atoms with van der Waals surface area (Å²) in [6, 6.07) is 8.24. The maximum absolute atomic E-state index is 12.7. The van der Waals surface area contributed by atoms with Crippen LogP contribution in [-0.4, -0.2) is 42.6 Å². The van der Waals surface area contributed by atoms with Crippen LogP contribution in [0.2, 0.25) is 0 Å². The van der Waals surface area contributed by atoms with Crippen LogP contribution in [0, 0.1) is 0 Å². The summed E-state index contributed by atoms with van der Waals surface area (Å²) in [6.45, 7) is 8.91. The van der Waals surface area contributed by atoms with Crippen molar-refractivity contribution in [3.8, 4) is 5.75 Å². The molecule has 1 N–H and O–H groups in total. The minimum Gasteiger partial charge on any atom is -0.491 e. The molecule has 1 unspecified atom stereocenters. The van der Waals surface area contributed by atoms with Gasteiger partial charge in [-0.15, -0.1) is 12.4 Å². The first-order valence-electron chi connectivity index (χ1n) is 8.36. The SMILES string of the molecule is CCCN(C(=O)Cc1cccc(OC(C)C)c1)C1CCNC1.Cl. The second-order valence-electron chi connectivity index (χ2n) is 6.22. The summed E-state index contributed by atoms with van der Waals surface area (Å²) in [4.78, 5) is 14.7. The fraction of sp³-hybridized carbons (Fsp3) is 0.611. The zero-order chi connectivity index (χ0) is 15.9. The van der Waals surface area contributed by atoms with E-state index >= 15 is 0 Å². The third-order valence-corrected chi connectivity index (χ3v) is 3.89. The molecule has 23 heavy (non-hydrogen) atoms. The van der Waals surface area contributed by atoms with Crippen LogP contribution in [0.4, 0.5) is 0 Å². The van der Waals surface area contributed by atoms with Crippen LogP contribution in [0.3, 0.4) is 0 Å². The molecule has 1 aliphatic rings. The van der Waals surface area contributed by atoms with Crippen molar-refractivity contribution in [1.29, 1.82) is 0 Å². The van der Waals surface area contributed by atoms with E-state index in [0.29, 0.717) is 12.5 Å². The number of nitrogens with zero attached hydrogens (tertiary/aromatic N) is 1. The van der Waals surface area contributed by atoms with Gasteiger partial charge >= 0.3 is 0 Å². The molecule has 0 radical (unpaired) electrons. The van der Waals surface area contributed by atoms with Gasteiger partial charge in [0.15, 0.2) is 0 Å². The summed E-state index contributed by atoms with van der Waals surface area (Å²) >= 11 is 0. The Kier molecular flexibility index (Phi) is 8.42. The van der Waals surface area contributed by atoms with Crippen LogP contribution in [0.15, 0.2) is 24.3 Å². The Balaban J connectivity index is 0.00000264. The molecule has 1 aromatic carbocycles. The summed E-state index contributed by atoms with van der Waals surface area (Å²) in [5.74, 6) is 1.06. The number of hydrogen-bond acceptors (Lipinski definition) is 3. The maximum Gasteiger partial charge on any atom is 0.227 e. The normalized spacial score (nSPS) is 17.0.